The van der Waals surface area contributed by atoms with Crippen molar-refractivity contribution < 1.29 is 42.2 Å². The molecule has 3 aliphatic heterocycles. The molecule has 2 saturated heterocycles. The molecule has 0 bridgehead atoms. The number of carbonyl (C=O) groups excluding carboxylic acids is 4. The number of nitrogens with zero attached hydrogens (tertiary/aromatic N) is 4. The van der Waals surface area contributed by atoms with Crippen molar-refractivity contribution >= 4 is 45.8 Å². The number of aromatic amines is 2. The van der Waals surface area contributed by atoms with E-state index in [2.05, 4.69) is 49.6 Å². The number of methoxy groups -OCH3 is 3. The number of H-pyrrole nitrogens is 2. The predicted molar refractivity (Wildman–Crippen MR) is 243 cm³/mol. The number of imidazole rings is 2. The minimum absolute atomic E-state index is 0.0329. The van der Waals surface area contributed by atoms with E-state index in [1.807, 2.05) is 43.9 Å². The number of hydrogen-bond donors (Lipinski definition) is 4. The van der Waals surface area contributed by atoms with Crippen LogP contribution in [0.4, 0.5) is 9.59 Å². The van der Waals surface area contributed by atoms with E-state index in [-0.39, 0.29) is 29.8 Å². The number of rotatable bonds is 11. The topological polar surface area (TPSA) is 193 Å². The van der Waals surface area contributed by atoms with Gasteiger partial charge in [0.1, 0.15) is 36.1 Å². The first-order valence-electron chi connectivity index (χ1n) is 23.4. The van der Waals surface area contributed by atoms with Crippen molar-refractivity contribution in [3.8, 4) is 28.1 Å². The fourth-order valence-corrected chi connectivity index (χ4v) is 9.80. The van der Waals surface area contributed by atoms with E-state index in [4.69, 9.17) is 28.3 Å². The normalized spacial score (nSPS) is 20.9. The Balaban J connectivity index is 0.969. The number of amides is 4. The van der Waals surface area contributed by atoms with Crippen LogP contribution in [0.3, 0.4) is 0 Å². The molecule has 6 atom stereocenters. The van der Waals surface area contributed by atoms with E-state index in [0.29, 0.717) is 43.4 Å². The van der Waals surface area contributed by atoms with E-state index in [1.165, 1.54) is 7.11 Å². The maximum absolute atomic E-state index is 14.4. The van der Waals surface area contributed by atoms with E-state index in [0.717, 1.165) is 68.3 Å². The molecule has 2 aromatic heterocycles. The van der Waals surface area contributed by atoms with Gasteiger partial charge in [0, 0.05) is 36.6 Å². The second kappa shape index (κ2) is 17.9. The van der Waals surface area contributed by atoms with Gasteiger partial charge in [0.2, 0.25) is 5.91 Å². The van der Waals surface area contributed by atoms with Gasteiger partial charge in [0.05, 0.1) is 59.9 Å². The summed E-state index contributed by atoms with van der Waals surface area (Å²) in [6.45, 7) is 6.85. The molecule has 0 radical (unpaired) electrons. The lowest BCUT2D eigenvalue weighted by molar-refractivity contribution is -0.137. The standard InChI is InChI=1S/C49H54N8O8/c1-26(2)41(54-48(60)63-5)47(59)57-27(3)12-17-38(57)45-51-36-16-14-30-20-35-33-15-13-31(19-32(33)25-65-40(35)21-34(30)43(36)53-45)37-22-50-44(52-37)39-18-28(24-62-4)23-56(39)46(58)42(55-49(61)64-6)29-10-8-7-9-11-29/h7-11,13-16,19-22,26-28,38-39,41-42H,12,17-18,23-25H2,1-6H3,(H,50,52)(H,51,53)(H,54,60)(H,55,61)/t27-,28-,38+,39-,41-,42+/m0/s1/i6D3. The van der Waals surface area contributed by atoms with Crippen molar-refractivity contribution in [2.45, 2.75) is 76.8 Å². The van der Waals surface area contributed by atoms with E-state index >= 15 is 0 Å². The highest BCUT2D eigenvalue weighted by molar-refractivity contribution is 6.07. The molecule has 4 aromatic carbocycles. The molecule has 4 amide bonds. The van der Waals surface area contributed by atoms with Crippen LogP contribution in [0, 0.1) is 11.8 Å². The van der Waals surface area contributed by atoms with Gasteiger partial charge in [-0.3, -0.25) is 9.59 Å². The molecule has 16 nitrogen and oxygen atoms in total. The predicted octanol–water partition coefficient (Wildman–Crippen LogP) is 7.73. The summed E-state index contributed by atoms with van der Waals surface area (Å²) in [7, 11) is -0.105. The zero-order valence-corrected chi connectivity index (χ0v) is 36.8. The van der Waals surface area contributed by atoms with Gasteiger partial charge in [-0.2, -0.15) is 0 Å². The van der Waals surface area contributed by atoms with Gasteiger partial charge < -0.3 is 49.3 Å². The van der Waals surface area contributed by atoms with Crippen LogP contribution >= 0.6 is 0 Å². The molecule has 0 aliphatic carbocycles. The van der Waals surface area contributed by atoms with Gasteiger partial charge in [0.15, 0.2) is 0 Å². The Labute approximate surface area is 380 Å². The zero-order chi connectivity index (χ0) is 48.0. The number of nitrogens with one attached hydrogen (secondary N) is 4. The fraction of sp³-hybridized carbons (Fsp3) is 0.388. The molecule has 0 saturated carbocycles. The molecule has 0 unspecified atom stereocenters. The van der Waals surface area contributed by atoms with E-state index < -0.39 is 43.3 Å². The zero-order valence-electron chi connectivity index (χ0n) is 39.8. The molecule has 338 valence electrons. The molecule has 65 heavy (non-hydrogen) atoms. The Morgan fingerprint density at radius 1 is 0.908 bits per heavy atom. The summed E-state index contributed by atoms with van der Waals surface area (Å²) < 4.78 is 43.5. The number of benzene rings is 4. The van der Waals surface area contributed by atoms with Crippen molar-refractivity contribution in [1.82, 2.24) is 40.4 Å². The molecule has 9 rings (SSSR count). The molecule has 4 N–H and O–H groups in total. The van der Waals surface area contributed by atoms with Crippen LogP contribution < -0.4 is 15.4 Å². The number of likely N-dealkylation sites (tertiary alicyclic amines) is 2. The quantitative estimate of drug-likeness (QED) is 0.100. The van der Waals surface area contributed by atoms with Crippen LogP contribution in [-0.4, -0.2) is 100 Å². The van der Waals surface area contributed by atoms with Gasteiger partial charge in [-0.15, -0.1) is 0 Å². The van der Waals surface area contributed by atoms with Crippen LogP contribution in [0.15, 0.2) is 79.0 Å². The van der Waals surface area contributed by atoms with Gasteiger partial charge >= 0.3 is 12.2 Å². The SMILES string of the molecule is [2H]C([2H])([2H])OC(=O)N[C@@H](C(=O)N1C[C@@H](COC)C[C@H]1c1ncc(-c2ccc3c(c2)COc2cc4c(ccc5[nH]c([C@H]6CC[C@H](C)N6C(=O)[C@@H](NC(=O)OC)C(C)C)nc54)cc2-3)[nH]1)c1ccccc1. The lowest BCUT2D eigenvalue weighted by atomic mass is 9.92. The summed E-state index contributed by atoms with van der Waals surface area (Å²) in [6, 6.07) is 20.2. The van der Waals surface area contributed by atoms with Crippen molar-refractivity contribution in [3.05, 3.63) is 102 Å². The molecule has 3 aliphatic rings. The summed E-state index contributed by atoms with van der Waals surface area (Å²) in [6.07, 6.45) is 1.91. The maximum atomic E-state index is 14.4. The third-order valence-corrected chi connectivity index (χ3v) is 13.0. The third kappa shape index (κ3) is 8.22. The average molecular weight is 886 g/mol. The van der Waals surface area contributed by atoms with Crippen molar-refractivity contribution in [3.63, 3.8) is 0 Å². The smallest absolute Gasteiger partial charge is 0.407 e. The average Bonchev–Trinajstić information content (AvgIpc) is 4.14. The van der Waals surface area contributed by atoms with Gasteiger partial charge in [-0.05, 0) is 84.0 Å². The maximum Gasteiger partial charge on any atom is 0.407 e. The molecular weight excluding hydrogens is 829 g/mol. The largest absolute Gasteiger partial charge is 0.488 e. The summed E-state index contributed by atoms with van der Waals surface area (Å²) in [5.41, 5.74) is 6.64. The first kappa shape index (κ1) is 39.6. The Bertz CT molecular complexity index is 2890. The first-order valence-corrected chi connectivity index (χ1v) is 21.9. The lowest BCUT2D eigenvalue weighted by Gasteiger charge is -2.32. The first-order chi connectivity index (χ1) is 32.6. The van der Waals surface area contributed by atoms with E-state index in [1.54, 1.807) is 48.5 Å². The minimum Gasteiger partial charge on any atom is -0.488 e. The van der Waals surface area contributed by atoms with Crippen LogP contribution in [0.5, 0.6) is 5.75 Å². The Hall–Kier alpha value is -6.94. The fourth-order valence-electron chi connectivity index (χ4n) is 9.80. The molecule has 5 heterocycles. The number of hydrogen-bond acceptors (Lipinski definition) is 10. The Morgan fingerprint density at radius 2 is 1.72 bits per heavy atom. The third-order valence-electron chi connectivity index (χ3n) is 13.0. The lowest BCUT2D eigenvalue weighted by Crippen LogP contribution is -2.52. The number of aromatic nitrogens is 4. The highest BCUT2D eigenvalue weighted by Crippen LogP contribution is 2.44. The monoisotopic (exact) mass is 885 g/mol. The number of alkyl carbamates (subject to hydrolysis) is 2. The summed E-state index contributed by atoms with van der Waals surface area (Å²) in [4.78, 5) is 73.7. The molecule has 16 heteroatoms. The van der Waals surface area contributed by atoms with Crippen molar-refractivity contribution in [2.75, 3.05) is 34.4 Å². The van der Waals surface area contributed by atoms with Crippen molar-refractivity contribution in [2.24, 2.45) is 11.8 Å². The van der Waals surface area contributed by atoms with Crippen LogP contribution in [0.25, 0.3) is 44.2 Å². The van der Waals surface area contributed by atoms with Crippen LogP contribution in [0.2, 0.25) is 0 Å². The highest BCUT2D eigenvalue weighted by atomic mass is 16.5. The summed E-state index contributed by atoms with van der Waals surface area (Å²) >= 11 is 0. The van der Waals surface area contributed by atoms with Gasteiger partial charge in [-0.1, -0.05) is 62.4 Å². The van der Waals surface area contributed by atoms with Crippen LogP contribution in [0.1, 0.15) is 85.0 Å². The molecule has 6 aromatic rings. The number of fused-ring (bicyclic) bond motifs is 6. The minimum atomic E-state index is -2.99. The molecule has 0 spiro atoms. The molecular formula is C49H54N8O8. The Kier molecular flexibility index (Phi) is 10.9. The number of ether oxygens (including phenoxy) is 4. The van der Waals surface area contributed by atoms with Crippen molar-refractivity contribution in [1.29, 1.82) is 0 Å². The summed E-state index contributed by atoms with van der Waals surface area (Å²) in [5, 5.41) is 7.11. The second-order valence-corrected chi connectivity index (χ2v) is 17.5. The summed E-state index contributed by atoms with van der Waals surface area (Å²) in [5.74, 6) is 1.17. The Morgan fingerprint density at radius 3 is 2.49 bits per heavy atom. The number of carbonyl (C=O) groups is 4. The van der Waals surface area contributed by atoms with Gasteiger partial charge in [0.25, 0.3) is 5.91 Å². The second-order valence-electron chi connectivity index (χ2n) is 17.5. The molecule has 2 fully saturated rings. The van der Waals surface area contributed by atoms with Crippen LogP contribution in [-0.2, 0) is 30.4 Å². The highest BCUT2D eigenvalue weighted by Gasteiger charge is 2.43. The van der Waals surface area contributed by atoms with Gasteiger partial charge in [-0.25, -0.2) is 19.6 Å². The van der Waals surface area contributed by atoms with E-state index in [9.17, 15) is 19.2 Å².